The molecule has 1 aliphatic carbocycles. The maximum absolute atomic E-state index is 13.7. The van der Waals surface area contributed by atoms with Crippen LogP contribution in [0.3, 0.4) is 0 Å². The topological polar surface area (TPSA) is 86.9 Å². The third-order valence-corrected chi connectivity index (χ3v) is 7.42. The third kappa shape index (κ3) is 3.27. The van der Waals surface area contributed by atoms with Crippen LogP contribution in [0.1, 0.15) is 37.7 Å². The monoisotopic (exact) mass is 454 g/mol. The number of anilines is 1. The van der Waals surface area contributed by atoms with Gasteiger partial charge in [-0.05, 0) is 43.5 Å². The van der Waals surface area contributed by atoms with Crippen LogP contribution in [-0.2, 0) is 9.59 Å². The number of Topliss-reactive ketones (excluding diaryl/α,β-unsaturated/α-hetero) is 1. The molecule has 1 aliphatic heterocycles. The first kappa shape index (κ1) is 19.9. The number of nitrogens with zero attached hydrogens (tertiary/aromatic N) is 1. The first-order valence-corrected chi connectivity index (χ1v) is 11.9. The van der Waals surface area contributed by atoms with Gasteiger partial charge < -0.3 is 10.3 Å². The molecule has 0 saturated heterocycles. The molecular formula is C26H22N4O2S. The van der Waals surface area contributed by atoms with Crippen LogP contribution in [0, 0.1) is 0 Å². The lowest BCUT2D eigenvalue weighted by molar-refractivity contribution is -0.116. The Labute approximate surface area is 194 Å². The molecule has 2 aromatic heterocycles. The summed E-state index contributed by atoms with van der Waals surface area (Å²) in [5.74, 6) is -0.560. The van der Waals surface area contributed by atoms with Crippen molar-refractivity contribution < 1.29 is 9.59 Å². The fraction of sp³-hybridized carbons (Fsp3) is 0.192. The Morgan fingerprint density at radius 2 is 1.94 bits per heavy atom. The quantitative estimate of drug-likeness (QED) is 0.388. The van der Waals surface area contributed by atoms with E-state index in [0.29, 0.717) is 22.7 Å². The van der Waals surface area contributed by atoms with Gasteiger partial charge in [-0.15, -0.1) is 0 Å². The molecule has 4 aromatic rings. The predicted octanol–water partition coefficient (Wildman–Crippen LogP) is 5.38. The van der Waals surface area contributed by atoms with Crippen molar-refractivity contribution in [3.63, 3.8) is 0 Å². The number of aromatic amines is 1. The number of carbonyl (C=O) groups excluding carboxylic acids is 2. The van der Waals surface area contributed by atoms with Gasteiger partial charge in [0, 0.05) is 52.0 Å². The minimum Gasteiger partial charge on any atom is -0.362 e. The van der Waals surface area contributed by atoms with Crippen molar-refractivity contribution >= 4 is 49.3 Å². The van der Waals surface area contributed by atoms with Crippen molar-refractivity contribution in [3.8, 4) is 0 Å². The van der Waals surface area contributed by atoms with Gasteiger partial charge in [0.2, 0.25) is 0 Å². The summed E-state index contributed by atoms with van der Waals surface area (Å²) in [5, 5.41) is 7.96. The lowest BCUT2D eigenvalue weighted by Crippen LogP contribution is -2.35. The molecule has 1 atom stereocenters. The predicted molar refractivity (Wildman–Crippen MR) is 131 cm³/mol. The molecule has 0 saturated carbocycles. The standard InChI is InChI=1S/C26H22N4O2S/c1-14-22(25(32)30-26-29-18-9-4-5-12-21(18)33-26)23(24-19(28-14)10-6-11-20(24)31)16-13-27-17-8-3-2-7-15(16)17/h2-5,7-9,12-13,23,27-28H,6,10-11H2,1H3,(H,29,30,32). The molecule has 0 fully saturated rings. The number of hydrogen-bond donors (Lipinski definition) is 3. The number of para-hydroxylation sites is 2. The highest BCUT2D eigenvalue weighted by molar-refractivity contribution is 7.22. The molecule has 3 heterocycles. The van der Waals surface area contributed by atoms with Gasteiger partial charge in [-0.3, -0.25) is 14.9 Å². The van der Waals surface area contributed by atoms with E-state index in [0.717, 1.165) is 50.9 Å². The van der Waals surface area contributed by atoms with Crippen LogP contribution >= 0.6 is 11.3 Å². The van der Waals surface area contributed by atoms with E-state index in [1.54, 1.807) is 0 Å². The zero-order chi connectivity index (χ0) is 22.5. The van der Waals surface area contributed by atoms with Crippen molar-refractivity contribution in [2.24, 2.45) is 0 Å². The molecule has 7 heteroatoms. The number of nitrogens with one attached hydrogen (secondary N) is 3. The maximum atomic E-state index is 13.7. The van der Waals surface area contributed by atoms with Crippen LogP contribution in [0.2, 0.25) is 0 Å². The third-order valence-electron chi connectivity index (χ3n) is 6.47. The Bertz CT molecular complexity index is 1470. The second-order valence-corrected chi connectivity index (χ2v) is 9.53. The Hall–Kier alpha value is -3.71. The van der Waals surface area contributed by atoms with E-state index >= 15 is 0 Å². The van der Waals surface area contributed by atoms with Gasteiger partial charge in [0.25, 0.3) is 5.91 Å². The number of fused-ring (bicyclic) bond motifs is 2. The normalized spacial score (nSPS) is 18.6. The molecule has 2 aliphatic rings. The summed E-state index contributed by atoms with van der Waals surface area (Å²) in [5.41, 5.74) is 5.78. The van der Waals surface area contributed by atoms with Crippen molar-refractivity contribution in [1.29, 1.82) is 0 Å². The van der Waals surface area contributed by atoms with E-state index in [1.165, 1.54) is 11.3 Å². The lowest BCUT2D eigenvalue weighted by Gasteiger charge is -2.34. The molecular weight excluding hydrogens is 432 g/mol. The summed E-state index contributed by atoms with van der Waals surface area (Å²) < 4.78 is 1.01. The summed E-state index contributed by atoms with van der Waals surface area (Å²) in [6.45, 7) is 1.91. The van der Waals surface area contributed by atoms with E-state index in [2.05, 4.69) is 20.6 Å². The number of aromatic nitrogens is 2. The number of ketones is 1. The number of carbonyl (C=O) groups is 2. The van der Waals surface area contributed by atoms with Gasteiger partial charge in [-0.2, -0.15) is 0 Å². The molecule has 6 nitrogen and oxygen atoms in total. The molecule has 33 heavy (non-hydrogen) atoms. The summed E-state index contributed by atoms with van der Waals surface area (Å²) in [6.07, 6.45) is 4.08. The molecule has 1 unspecified atom stereocenters. The van der Waals surface area contributed by atoms with E-state index in [1.807, 2.05) is 61.7 Å². The molecule has 0 spiro atoms. The molecule has 0 bridgehead atoms. The van der Waals surface area contributed by atoms with Gasteiger partial charge in [0.05, 0.1) is 10.2 Å². The van der Waals surface area contributed by atoms with Crippen molar-refractivity contribution in [2.75, 3.05) is 5.32 Å². The van der Waals surface area contributed by atoms with Crippen LogP contribution in [0.25, 0.3) is 21.1 Å². The largest absolute Gasteiger partial charge is 0.362 e. The minimum atomic E-state index is -0.431. The number of rotatable bonds is 3. The number of H-pyrrole nitrogens is 1. The first-order chi connectivity index (χ1) is 16.1. The number of allylic oxidation sites excluding steroid dienone is 3. The number of amides is 1. The van der Waals surface area contributed by atoms with Crippen LogP contribution in [0.15, 0.2) is 77.3 Å². The zero-order valence-corrected chi connectivity index (χ0v) is 18.9. The number of thiazole rings is 1. The maximum Gasteiger partial charge on any atom is 0.256 e. The fourth-order valence-electron chi connectivity index (χ4n) is 5.02. The van der Waals surface area contributed by atoms with Crippen LogP contribution in [-0.4, -0.2) is 21.7 Å². The van der Waals surface area contributed by atoms with E-state index in [-0.39, 0.29) is 11.7 Å². The van der Waals surface area contributed by atoms with Gasteiger partial charge in [-0.1, -0.05) is 41.7 Å². The van der Waals surface area contributed by atoms with Crippen LogP contribution in [0.4, 0.5) is 5.13 Å². The molecule has 2 aromatic carbocycles. The molecule has 1 amide bonds. The van der Waals surface area contributed by atoms with Gasteiger partial charge in [-0.25, -0.2) is 4.98 Å². The summed E-state index contributed by atoms with van der Waals surface area (Å²) in [7, 11) is 0. The molecule has 164 valence electrons. The van der Waals surface area contributed by atoms with Gasteiger partial charge in [0.15, 0.2) is 10.9 Å². The number of dihydropyridines is 1. The summed E-state index contributed by atoms with van der Waals surface area (Å²) in [6, 6.07) is 15.8. The second-order valence-electron chi connectivity index (χ2n) is 8.50. The molecule has 3 N–H and O–H groups in total. The van der Waals surface area contributed by atoms with E-state index < -0.39 is 5.92 Å². The van der Waals surface area contributed by atoms with E-state index in [9.17, 15) is 9.59 Å². The minimum absolute atomic E-state index is 0.108. The summed E-state index contributed by atoms with van der Waals surface area (Å²) in [4.78, 5) is 34.7. The average Bonchev–Trinajstić information content (AvgIpc) is 3.41. The Morgan fingerprint density at radius 3 is 2.82 bits per heavy atom. The molecule has 0 radical (unpaired) electrons. The number of benzene rings is 2. The highest BCUT2D eigenvalue weighted by atomic mass is 32.1. The highest BCUT2D eigenvalue weighted by Crippen LogP contribution is 2.44. The fourth-order valence-corrected chi connectivity index (χ4v) is 5.88. The second kappa shape index (κ2) is 7.71. The Kier molecular flexibility index (Phi) is 4.66. The highest BCUT2D eigenvalue weighted by Gasteiger charge is 2.39. The smallest absolute Gasteiger partial charge is 0.256 e. The Morgan fingerprint density at radius 1 is 1.12 bits per heavy atom. The SMILES string of the molecule is CC1=C(C(=O)Nc2nc3ccccc3s2)C(c2c[nH]c3ccccc23)C2=C(CCCC2=O)N1. The van der Waals surface area contributed by atoms with Gasteiger partial charge >= 0.3 is 0 Å². The molecule has 6 rings (SSSR count). The van der Waals surface area contributed by atoms with Crippen LogP contribution in [0.5, 0.6) is 0 Å². The lowest BCUT2D eigenvalue weighted by atomic mass is 9.75. The average molecular weight is 455 g/mol. The van der Waals surface area contributed by atoms with Crippen molar-refractivity contribution in [2.45, 2.75) is 32.1 Å². The number of hydrogen-bond acceptors (Lipinski definition) is 5. The van der Waals surface area contributed by atoms with Crippen molar-refractivity contribution in [3.05, 3.63) is 82.8 Å². The van der Waals surface area contributed by atoms with Crippen molar-refractivity contribution in [1.82, 2.24) is 15.3 Å². The van der Waals surface area contributed by atoms with E-state index in [4.69, 9.17) is 0 Å². The zero-order valence-electron chi connectivity index (χ0n) is 18.1. The first-order valence-electron chi connectivity index (χ1n) is 11.1. The summed E-state index contributed by atoms with van der Waals surface area (Å²) >= 11 is 1.44. The Balaban J connectivity index is 1.47. The van der Waals surface area contributed by atoms with Crippen LogP contribution < -0.4 is 10.6 Å². The van der Waals surface area contributed by atoms with Gasteiger partial charge in [0.1, 0.15) is 0 Å².